The van der Waals surface area contributed by atoms with Gasteiger partial charge in [-0.25, -0.2) is 4.98 Å². The third kappa shape index (κ3) is 4.22. The third-order valence-electron chi connectivity index (χ3n) is 3.78. The van der Waals surface area contributed by atoms with Crippen LogP contribution in [0, 0.1) is 5.92 Å². The molecule has 0 N–H and O–H groups in total. The van der Waals surface area contributed by atoms with Crippen LogP contribution in [0.25, 0.3) is 0 Å². The van der Waals surface area contributed by atoms with E-state index in [4.69, 9.17) is 11.6 Å². The molecule has 0 spiro atoms. The number of hydrogen-bond donors (Lipinski definition) is 0. The lowest BCUT2D eigenvalue weighted by molar-refractivity contribution is 0.180. The predicted molar refractivity (Wildman–Crippen MR) is 79.4 cm³/mol. The molecule has 1 aromatic heterocycles. The van der Waals surface area contributed by atoms with Gasteiger partial charge in [-0.15, -0.1) is 22.9 Å². The van der Waals surface area contributed by atoms with Crippen molar-refractivity contribution in [2.75, 3.05) is 19.6 Å². The molecule has 4 heteroatoms. The van der Waals surface area contributed by atoms with Gasteiger partial charge in [0.15, 0.2) is 0 Å². The smallest absolute Gasteiger partial charge is 0.0941 e. The molecule has 0 saturated carbocycles. The van der Waals surface area contributed by atoms with Crippen LogP contribution in [0.4, 0.5) is 0 Å². The third-order valence-corrected chi connectivity index (χ3v) is 5.01. The first-order valence-electron chi connectivity index (χ1n) is 7.03. The molecule has 0 atom stereocenters. The predicted octanol–water partition coefficient (Wildman–Crippen LogP) is 3.94. The molecule has 0 bridgehead atoms. The largest absolute Gasteiger partial charge is 0.303 e. The minimum absolute atomic E-state index is 0.541. The van der Waals surface area contributed by atoms with Crippen molar-refractivity contribution < 1.29 is 0 Å². The van der Waals surface area contributed by atoms with E-state index in [0.29, 0.717) is 5.88 Å². The van der Waals surface area contributed by atoms with Gasteiger partial charge in [0.1, 0.15) is 0 Å². The summed E-state index contributed by atoms with van der Waals surface area (Å²) in [4.78, 5) is 7.11. The Morgan fingerprint density at radius 1 is 1.44 bits per heavy atom. The first kappa shape index (κ1) is 14.3. The number of hydrogen-bond acceptors (Lipinski definition) is 3. The zero-order valence-electron chi connectivity index (χ0n) is 11.2. The van der Waals surface area contributed by atoms with Crippen molar-refractivity contribution in [3.05, 3.63) is 16.1 Å². The van der Waals surface area contributed by atoms with Crippen molar-refractivity contribution >= 4 is 22.9 Å². The number of halogens is 1. The molecule has 2 rings (SSSR count). The lowest BCUT2D eigenvalue weighted by Gasteiger charge is -2.31. The van der Waals surface area contributed by atoms with Crippen LogP contribution in [0.2, 0.25) is 0 Å². The Morgan fingerprint density at radius 3 is 2.83 bits per heavy atom. The zero-order valence-corrected chi connectivity index (χ0v) is 12.8. The molecule has 0 amide bonds. The van der Waals surface area contributed by atoms with Crippen LogP contribution < -0.4 is 0 Å². The second-order valence-electron chi connectivity index (χ2n) is 5.19. The molecule has 1 saturated heterocycles. The molecule has 2 heterocycles. The van der Waals surface area contributed by atoms with E-state index in [-0.39, 0.29) is 0 Å². The number of rotatable bonds is 6. The minimum atomic E-state index is 0.541. The van der Waals surface area contributed by atoms with Crippen LogP contribution in [0.3, 0.4) is 0 Å². The molecular formula is C14H23ClN2S. The van der Waals surface area contributed by atoms with Crippen molar-refractivity contribution in [1.82, 2.24) is 9.88 Å². The summed E-state index contributed by atoms with van der Waals surface area (Å²) < 4.78 is 0. The fraction of sp³-hybridized carbons (Fsp3) is 0.786. The summed E-state index contributed by atoms with van der Waals surface area (Å²) in [7, 11) is 0. The van der Waals surface area contributed by atoms with E-state index >= 15 is 0 Å². The highest BCUT2D eigenvalue weighted by atomic mass is 35.5. The van der Waals surface area contributed by atoms with Crippen molar-refractivity contribution in [2.45, 2.75) is 44.9 Å². The molecule has 0 unspecified atom stereocenters. The van der Waals surface area contributed by atoms with Gasteiger partial charge in [0.25, 0.3) is 0 Å². The second-order valence-corrected chi connectivity index (χ2v) is 6.40. The monoisotopic (exact) mass is 286 g/mol. The molecule has 0 aromatic carbocycles. The van der Waals surface area contributed by atoms with Crippen LogP contribution in [-0.4, -0.2) is 29.5 Å². The number of aromatic nitrogens is 1. The number of likely N-dealkylation sites (tertiary alicyclic amines) is 1. The Kier molecular flexibility index (Phi) is 5.93. The van der Waals surface area contributed by atoms with Crippen molar-refractivity contribution in [1.29, 1.82) is 0 Å². The summed E-state index contributed by atoms with van der Waals surface area (Å²) in [5.41, 5.74) is 1.03. The van der Waals surface area contributed by atoms with E-state index in [1.807, 2.05) is 0 Å². The normalized spacial score (nSPS) is 18.3. The summed E-state index contributed by atoms with van der Waals surface area (Å²) in [5, 5.41) is 3.32. The standard InChI is InChI=1S/C14H23ClN2S/c1-2-3-12-4-7-17(8-5-12)9-6-14-16-13(10-15)11-18-14/h11-12H,2-10H2,1H3. The van der Waals surface area contributed by atoms with Crippen molar-refractivity contribution in [2.24, 2.45) is 5.92 Å². The lowest BCUT2D eigenvalue weighted by Crippen LogP contribution is -2.35. The first-order chi connectivity index (χ1) is 8.81. The lowest BCUT2D eigenvalue weighted by atomic mass is 9.92. The topological polar surface area (TPSA) is 16.1 Å². The highest BCUT2D eigenvalue weighted by Crippen LogP contribution is 2.22. The minimum Gasteiger partial charge on any atom is -0.303 e. The molecular weight excluding hydrogens is 264 g/mol. The molecule has 0 aliphatic carbocycles. The van der Waals surface area contributed by atoms with Crippen LogP contribution in [0.5, 0.6) is 0 Å². The maximum Gasteiger partial charge on any atom is 0.0941 e. The summed E-state index contributed by atoms with van der Waals surface area (Å²) in [5.74, 6) is 1.52. The van der Waals surface area contributed by atoms with E-state index < -0.39 is 0 Å². The average molecular weight is 287 g/mol. The molecule has 0 radical (unpaired) electrons. The Morgan fingerprint density at radius 2 is 2.22 bits per heavy atom. The van der Waals surface area contributed by atoms with Crippen molar-refractivity contribution in [3.63, 3.8) is 0 Å². The van der Waals surface area contributed by atoms with Gasteiger partial charge in [-0.2, -0.15) is 0 Å². The summed E-state index contributed by atoms with van der Waals surface area (Å²) >= 11 is 7.52. The first-order valence-corrected chi connectivity index (χ1v) is 8.44. The maximum atomic E-state index is 5.77. The quantitative estimate of drug-likeness (QED) is 0.737. The second kappa shape index (κ2) is 7.46. The van der Waals surface area contributed by atoms with Crippen LogP contribution >= 0.6 is 22.9 Å². The maximum absolute atomic E-state index is 5.77. The Labute approximate surface area is 119 Å². The van der Waals surface area contributed by atoms with Gasteiger partial charge < -0.3 is 4.90 Å². The highest BCUT2D eigenvalue weighted by molar-refractivity contribution is 7.09. The van der Waals surface area contributed by atoms with Gasteiger partial charge in [0.2, 0.25) is 0 Å². The fourth-order valence-corrected chi connectivity index (χ4v) is 3.70. The van der Waals surface area contributed by atoms with Gasteiger partial charge in [-0.1, -0.05) is 19.8 Å². The SMILES string of the molecule is CCCC1CCN(CCc2nc(CCl)cs2)CC1. The number of alkyl halides is 1. The zero-order chi connectivity index (χ0) is 12.8. The van der Waals surface area contributed by atoms with Crippen LogP contribution in [0.1, 0.15) is 43.3 Å². The van der Waals surface area contributed by atoms with Gasteiger partial charge in [-0.05, 0) is 31.8 Å². The number of thiazole rings is 1. The van der Waals surface area contributed by atoms with Crippen molar-refractivity contribution in [3.8, 4) is 0 Å². The highest BCUT2D eigenvalue weighted by Gasteiger charge is 2.18. The summed E-state index contributed by atoms with van der Waals surface area (Å²) in [6.07, 6.45) is 6.61. The Bertz CT molecular complexity index is 345. The molecule has 102 valence electrons. The van der Waals surface area contributed by atoms with E-state index in [2.05, 4.69) is 22.2 Å². The molecule has 18 heavy (non-hydrogen) atoms. The molecule has 2 nitrogen and oxygen atoms in total. The van der Waals surface area contributed by atoms with Gasteiger partial charge in [0.05, 0.1) is 16.6 Å². The summed E-state index contributed by atoms with van der Waals surface area (Å²) in [6, 6.07) is 0. The molecule has 1 aliphatic rings. The Hall–Kier alpha value is -0.120. The van der Waals surface area contributed by atoms with E-state index in [0.717, 1.165) is 24.6 Å². The molecule has 1 aliphatic heterocycles. The summed E-state index contributed by atoms with van der Waals surface area (Å²) in [6.45, 7) is 6.01. The van der Waals surface area contributed by atoms with Gasteiger partial charge >= 0.3 is 0 Å². The van der Waals surface area contributed by atoms with Gasteiger partial charge in [0, 0.05) is 18.3 Å². The van der Waals surface area contributed by atoms with E-state index in [1.165, 1.54) is 43.8 Å². The fourth-order valence-electron chi connectivity index (χ4n) is 2.69. The average Bonchev–Trinajstić information content (AvgIpc) is 2.86. The molecule has 1 aromatic rings. The Balaban J connectivity index is 1.68. The molecule has 1 fully saturated rings. The van der Waals surface area contributed by atoms with Crippen LogP contribution in [0.15, 0.2) is 5.38 Å². The van der Waals surface area contributed by atoms with Crippen LogP contribution in [-0.2, 0) is 12.3 Å². The number of nitrogens with zero attached hydrogens (tertiary/aromatic N) is 2. The van der Waals surface area contributed by atoms with E-state index in [9.17, 15) is 0 Å². The van der Waals surface area contributed by atoms with E-state index in [1.54, 1.807) is 11.3 Å². The van der Waals surface area contributed by atoms with Gasteiger partial charge in [-0.3, -0.25) is 0 Å². The number of piperidine rings is 1.